The molecule has 0 saturated heterocycles. The van der Waals surface area contributed by atoms with Crippen molar-refractivity contribution < 1.29 is 30.9 Å². The number of hydrogen-bond acceptors (Lipinski definition) is 5. The average Bonchev–Trinajstić information content (AvgIpc) is 3.25. The third-order valence-corrected chi connectivity index (χ3v) is 6.04. The first kappa shape index (κ1) is 16.1. The normalized spacial score (nSPS) is 19.3. The Morgan fingerprint density at radius 2 is 2.00 bits per heavy atom. The number of sulfonamides is 1. The fourth-order valence-electron chi connectivity index (χ4n) is 2.83. The number of amides is 1. The van der Waals surface area contributed by atoms with Gasteiger partial charge in [-0.2, -0.15) is 13.2 Å². The van der Waals surface area contributed by atoms with Crippen LogP contribution in [0.2, 0.25) is 0 Å². The molecular formula is C15H11F3N2O4S. The summed E-state index contributed by atoms with van der Waals surface area (Å²) in [4.78, 5) is 11.8. The van der Waals surface area contributed by atoms with E-state index in [1.165, 1.54) is 6.20 Å². The number of nitrogens with zero attached hydrogens (tertiary/aromatic N) is 2. The highest BCUT2D eigenvalue weighted by Crippen LogP contribution is 2.43. The minimum absolute atomic E-state index is 0.150. The molecule has 4 rings (SSSR count). The summed E-state index contributed by atoms with van der Waals surface area (Å²) in [7, 11) is -4.36. The summed E-state index contributed by atoms with van der Waals surface area (Å²) in [5.74, 6) is -0.182. The lowest BCUT2D eigenvalue weighted by Gasteiger charge is -2.14. The zero-order chi connectivity index (χ0) is 18.0. The lowest BCUT2D eigenvalue weighted by molar-refractivity contribution is -0.137. The predicted molar refractivity (Wildman–Crippen MR) is 77.0 cm³/mol. The molecule has 0 unspecified atom stereocenters. The number of carbonyl (C=O) groups excluding carboxylic acids is 1. The van der Waals surface area contributed by atoms with Crippen molar-refractivity contribution in [1.82, 2.24) is 9.46 Å². The van der Waals surface area contributed by atoms with Crippen molar-refractivity contribution in [3.63, 3.8) is 0 Å². The molecule has 1 aliphatic carbocycles. The van der Waals surface area contributed by atoms with Gasteiger partial charge in [0.1, 0.15) is 10.7 Å². The third-order valence-electron chi connectivity index (χ3n) is 4.27. The summed E-state index contributed by atoms with van der Waals surface area (Å²) in [6, 6.07) is 2.09. The number of rotatable bonds is 3. The molecule has 1 fully saturated rings. The maximum Gasteiger partial charge on any atom is 0.416 e. The Hall–Kier alpha value is -2.36. The van der Waals surface area contributed by atoms with Gasteiger partial charge >= 0.3 is 6.18 Å². The van der Waals surface area contributed by atoms with Crippen LogP contribution in [0.3, 0.4) is 0 Å². The first-order chi connectivity index (χ1) is 11.7. The van der Waals surface area contributed by atoms with Gasteiger partial charge in [0.25, 0.3) is 15.9 Å². The molecule has 0 atom stereocenters. The van der Waals surface area contributed by atoms with E-state index in [2.05, 4.69) is 5.16 Å². The van der Waals surface area contributed by atoms with Crippen molar-refractivity contribution >= 4 is 15.9 Å². The summed E-state index contributed by atoms with van der Waals surface area (Å²) < 4.78 is 69.4. The van der Waals surface area contributed by atoms with Crippen LogP contribution in [0.15, 0.2) is 33.8 Å². The molecule has 1 saturated carbocycles. The second-order valence-corrected chi connectivity index (χ2v) is 7.85. The quantitative estimate of drug-likeness (QED) is 0.828. The van der Waals surface area contributed by atoms with Crippen molar-refractivity contribution in [1.29, 1.82) is 0 Å². The Morgan fingerprint density at radius 1 is 1.28 bits per heavy atom. The third kappa shape index (κ3) is 2.51. The molecule has 2 aliphatic rings. The highest BCUT2D eigenvalue weighted by atomic mass is 32.2. The Bertz CT molecular complexity index is 977. The molecule has 1 amide bonds. The maximum absolute atomic E-state index is 12.8. The van der Waals surface area contributed by atoms with Gasteiger partial charge in [0.2, 0.25) is 0 Å². The SMILES string of the molecule is O=C1c2ccc(C(F)(F)F)cc2S(=O)(=O)N1Cc1cnoc1C1CC1. The number of halogens is 3. The fraction of sp³-hybridized carbons (Fsp3) is 0.333. The van der Waals surface area contributed by atoms with Crippen molar-refractivity contribution in [2.45, 2.75) is 36.4 Å². The molecule has 0 bridgehead atoms. The molecule has 0 radical (unpaired) electrons. The van der Waals surface area contributed by atoms with E-state index >= 15 is 0 Å². The number of alkyl halides is 3. The van der Waals surface area contributed by atoms with Crippen LogP contribution in [-0.4, -0.2) is 23.8 Å². The molecule has 1 aromatic carbocycles. The van der Waals surface area contributed by atoms with Gasteiger partial charge in [-0.1, -0.05) is 5.16 Å². The van der Waals surface area contributed by atoms with E-state index in [9.17, 15) is 26.4 Å². The Labute approximate surface area is 140 Å². The lowest BCUT2D eigenvalue weighted by Crippen LogP contribution is -2.29. The number of hydrogen-bond donors (Lipinski definition) is 0. The molecule has 1 aromatic heterocycles. The molecule has 132 valence electrons. The van der Waals surface area contributed by atoms with E-state index in [0.717, 1.165) is 18.9 Å². The van der Waals surface area contributed by atoms with E-state index in [-0.39, 0.29) is 18.0 Å². The zero-order valence-electron chi connectivity index (χ0n) is 12.6. The minimum atomic E-state index is -4.70. The molecule has 6 nitrogen and oxygen atoms in total. The first-order valence-corrected chi connectivity index (χ1v) is 8.85. The molecule has 0 spiro atoms. The molecule has 2 aromatic rings. The summed E-state index contributed by atoms with van der Waals surface area (Å²) in [5.41, 5.74) is -0.936. The largest absolute Gasteiger partial charge is 0.416 e. The van der Waals surface area contributed by atoms with Crippen molar-refractivity contribution in [2.75, 3.05) is 0 Å². The second-order valence-electron chi connectivity index (χ2n) is 6.02. The molecule has 2 heterocycles. The van der Waals surface area contributed by atoms with Gasteiger partial charge < -0.3 is 4.52 Å². The van der Waals surface area contributed by atoms with Crippen LogP contribution in [0.5, 0.6) is 0 Å². The van der Waals surface area contributed by atoms with Crippen molar-refractivity contribution in [2.24, 2.45) is 0 Å². The lowest BCUT2D eigenvalue weighted by atomic mass is 10.1. The van der Waals surface area contributed by atoms with Crippen LogP contribution in [0.1, 0.15) is 46.0 Å². The second kappa shape index (κ2) is 5.07. The van der Waals surface area contributed by atoms with E-state index < -0.39 is 32.6 Å². The van der Waals surface area contributed by atoms with Gasteiger partial charge in [0.05, 0.1) is 23.9 Å². The van der Waals surface area contributed by atoms with Crippen LogP contribution in [0, 0.1) is 0 Å². The zero-order valence-corrected chi connectivity index (χ0v) is 13.4. The Kier molecular flexibility index (Phi) is 3.27. The average molecular weight is 372 g/mol. The van der Waals surface area contributed by atoms with Gasteiger partial charge in [0.15, 0.2) is 0 Å². The van der Waals surface area contributed by atoms with Crippen LogP contribution < -0.4 is 0 Å². The maximum atomic E-state index is 12.8. The minimum Gasteiger partial charge on any atom is -0.361 e. The fourth-order valence-corrected chi connectivity index (χ4v) is 4.40. The molecular weight excluding hydrogens is 361 g/mol. The number of carbonyl (C=O) groups is 1. The predicted octanol–water partition coefficient (Wildman–Crippen LogP) is 2.92. The van der Waals surface area contributed by atoms with Crippen molar-refractivity contribution in [3.05, 3.63) is 46.8 Å². The van der Waals surface area contributed by atoms with Crippen LogP contribution >= 0.6 is 0 Å². The summed E-state index contributed by atoms with van der Waals surface area (Å²) in [6.45, 7) is -0.313. The van der Waals surface area contributed by atoms with Gasteiger partial charge in [0, 0.05) is 11.5 Å². The summed E-state index contributed by atoms with van der Waals surface area (Å²) >= 11 is 0. The Morgan fingerprint density at radius 3 is 2.64 bits per heavy atom. The standard InChI is InChI=1S/C15H11F3N2O4S/c16-15(17,18)10-3-4-11-12(5-10)25(22,23)20(14(11)21)7-9-6-19-24-13(9)8-1-2-8/h3-6,8H,1-2,7H2. The first-order valence-electron chi connectivity index (χ1n) is 7.41. The summed E-state index contributed by atoms with van der Waals surface area (Å²) in [6.07, 6.45) is -1.59. The van der Waals surface area contributed by atoms with Crippen molar-refractivity contribution in [3.8, 4) is 0 Å². The van der Waals surface area contributed by atoms with Crippen LogP contribution in [0.25, 0.3) is 0 Å². The molecule has 25 heavy (non-hydrogen) atoms. The molecule has 10 heteroatoms. The highest BCUT2D eigenvalue weighted by Gasteiger charge is 2.44. The summed E-state index contributed by atoms with van der Waals surface area (Å²) in [5, 5.41) is 3.64. The molecule has 0 N–H and O–H groups in total. The Balaban J connectivity index is 1.73. The van der Waals surface area contributed by atoms with Gasteiger partial charge in [-0.05, 0) is 31.0 Å². The van der Waals surface area contributed by atoms with Gasteiger partial charge in [-0.25, -0.2) is 12.7 Å². The van der Waals surface area contributed by atoms with E-state index in [4.69, 9.17) is 4.52 Å². The topological polar surface area (TPSA) is 80.5 Å². The highest BCUT2D eigenvalue weighted by molar-refractivity contribution is 7.90. The van der Waals surface area contributed by atoms with E-state index in [1.807, 2.05) is 0 Å². The number of fused-ring (bicyclic) bond motifs is 1. The van der Waals surface area contributed by atoms with Crippen LogP contribution in [-0.2, 0) is 22.7 Å². The smallest absolute Gasteiger partial charge is 0.361 e. The van der Waals surface area contributed by atoms with Crippen LogP contribution in [0.4, 0.5) is 13.2 Å². The van der Waals surface area contributed by atoms with Gasteiger partial charge in [-0.15, -0.1) is 0 Å². The molecule has 1 aliphatic heterocycles. The number of benzene rings is 1. The monoisotopic (exact) mass is 372 g/mol. The van der Waals surface area contributed by atoms with E-state index in [1.54, 1.807) is 0 Å². The number of aromatic nitrogens is 1. The van der Waals surface area contributed by atoms with E-state index in [0.29, 0.717) is 27.8 Å². The van der Waals surface area contributed by atoms with Gasteiger partial charge in [-0.3, -0.25) is 4.79 Å².